The van der Waals surface area contributed by atoms with E-state index in [1.165, 1.54) is 21.1 Å². The van der Waals surface area contributed by atoms with Gasteiger partial charge in [0.05, 0.1) is 18.7 Å². The Bertz CT molecular complexity index is 675. The molecule has 10 heteroatoms. The Morgan fingerprint density at radius 3 is 2.60 bits per heavy atom. The number of nitrogens with zero attached hydrogens (tertiary/aromatic N) is 3. The standard InChI is InChI=1S/C15H20N4O5S/c1-3-18-5-6-19(14(23)13(18)22)8-11(20)17-15-16-10(9-25-15)7-12(21)24-4-2/h9H,3-8H2,1-2H3,(H,16,17,20). The molecule has 2 rings (SSSR count). The second kappa shape index (κ2) is 8.56. The first kappa shape index (κ1) is 18.8. The minimum atomic E-state index is -0.676. The molecule has 0 aliphatic carbocycles. The second-order valence-corrected chi connectivity index (χ2v) is 6.14. The van der Waals surface area contributed by atoms with Crippen LogP contribution in [0.15, 0.2) is 5.38 Å². The van der Waals surface area contributed by atoms with Gasteiger partial charge in [-0.2, -0.15) is 0 Å². The summed E-state index contributed by atoms with van der Waals surface area (Å²) >= 11 is 1.18. The molecule has 1 fully saturated rings. The summed E-state index contributed by atoms with van der Waals surface area (Å²) in [5, 5.41) is 4.56. The molecule has 1 aliphatic heterocycles. The Morgan fingerprint density at radius 2 is 1.92 bits per heavy atom. The van der Waals surface area contributed by atoms with E-state index in [1.807, 2.05) is 0 Å². The van der Waals surface area contributed by atoms with Crippen LogP contribution in [0.1, 0.15) is 19.5 Å². The summed E-state index contributed by atoms with van der Waals surface area (Å²) in [6, 6.07) is 0. The number of likely N-dealkylation sites (N-methyl/N-ethyl adjacent to an activating group) is 1. The van der Waals surface area contributed by atoms with E-state index in [9.17, 15) is 19.2 Å². The van der Waals surface area contributed by atoms with Gasteiger partial charge in [0.15, 0.2) is 5.13 Å². The maximum atomic E-state index is 12.1. The minimum Gasteiger partial charge on any atom is -0.466 e. The molecule has 0 aromatic carbocycles. The van der Waals surface area contributed by atoms with Gasteiger partial charge < -0.3 is 19.9 Å². The van der Waals surface area contributed by atoms with E-state index < -0.39 is 17.7 Å². The number of amides is 3. The molecule has 0 bridgehead atoms. The van der Waals surface area contributed by atoms with Crippen molar-refractivity contribution in [1.82, 2.24) is 14.8 Å². The van der Waals surface area contributed by atoms with Gasteiger partial charge in [0.1, 0.15) is 6.54 Å². The predicted octanol–water partition coefficient (Wildman–Crippen LogP) is -0.122. The van der Waals surface area contributed by atoms with Gasteiger partial charge in [-0.25, -0.2) is 4.98 Å². The number of carbonyl (C=O) groups is 4. The van der Waals surface area contributed by atoms with Gasteiger partial charge in [-0.15, -0.1) is 11.3 Å². The normalized spacial score (nSPS) is 14.6. The molecule has 1 N–H and O–H groups in total. The number of ether oxygens (including phenoxy) is 1. The first-order valence-corrected chi connectivity index (χ1v) is 8.80. The van der Waals surface area contributed by atoms with Gasteiger partial charge >= 0.3 is 17.8 Å². The molecule has 1 aromatic heterocycles. The zero-order valence-electron chi connectivity index (χ0n) is 14.1. The quantitative estimate of drug-likeness (QED) is 0.531. The number of rotatable bonds is 7. The van der Waals surface area contributed by atoms with Crippen molar-refractivity contribution in [1.29, 1.82) is 0 Å². The van der Waals surface area contributed by atoms with E-state index in [0.717, 1.165) is 0 Å². The lowest BCUT2D eigenvalue weighted by Gasteiger charge is -2.32. The van der Waals surface area contributed by atoms with Crippen LogP contribution in [0.5, 0.6) is 0 Å². The molecule has 0 unspecified atom stereocenters. The molecule has 136 valence electrons. The number of aromatic nitrogens is 1. The Balaban J connectivity index is 1.86. The Kier molecular flexibility index (Phi) is 6.45. The highest BCUT2D eigenvalue weighted by Gasteiger charge is 2.32. The number of piperazine rings is 1. The van der Waals surface area contributed by atoms with Crippen molar-refractivity contribution in [2.75, 3.05) is 38.1 Å². The highest BCUT2D eigenvalue weighted by Crippen LogP contribution is 2.16. The van der Waals surface area contributed by atoms with Crippen LogP contribution in [0.4, 0.5) is 5.13 Å². The Morgan fingerprint density at radius 1 is 1.24 bits per heavy atom. The molecule has 1 saturated heterocycles. The highest BCUT2D eigenvalue weighted by atomic mass is 32.1. The van der Waals surface area contributed by atoms with Crippen LogP contribution < -0.4 is 5.32 Å². The van der Waals surface area contributed by atoms with Crippen molar-refractivity contribution < 1.29 is 23.9 Å². The summed E-state index contributed by atoms with van der Waals surface area (Å²) in [6.07, 6.45) is 0.0339. The van der Waals surface area contributed by atoms with Crippen LogP contribution in [-0.4, -0.2) is 71.3 Å². The van der Waals surface area contributed by atoms with Gasteiger partial charge in [0.2, 0.25) is 5.91 Å². The third-order valence-electron chi connectivity index (χ3n) is 3.54. The number of nitrogens with one attached hydrogen (secondary N) is 1. The number of carbonyl (C=O) groups excluding carboxylic acids is 4. The average Bonchev–Trinajstić information content (AvgIpc) is 2.99. The smallest absolute Gasteiger partial charge is 0.312 e. The molecular weight excluding hydrogens is 348 g/mol. The van der Waals surface area contributed by atoms with Crippen molar-refractivity contribution in [2.24, 2.45) is 0 Å². The van der Waals surface area contributed by atoms with Gasteiger partial charge in [-0.3, -0.25) is 19.2 Å². The van der Waals surface area contributed by atoms with Crippen LogP contribution in [0, 0.1) is 0 Å². The molecular formula is C15H20N4O5S. The fourth-order valence-electron chi connectivity index (χ4n) is 2.31. The first-order chi connectivity index (χ1) is 11.9. The average molecular weight is 368 g/mol. The SMILES string of the molecule is CCOC(=O)Cc1csc(NC(=O)CN2CCN(CC)C(=O)C2=O)n1. The lowest BCUT2D eigenvalue weighted by atomic mass is 10.3. The van der Waals surface area contributed by atoms with Gasteiger partial charge in [-0.05, 0) is 13.8 Å². The van der Waals surface area contributed by atoms with Gasteiger partial charge in [0, 0.05) is 25.0 Å². The summed E-state index contributed by atoms with van der Waals surface area (Å²) in [7, 11) is 0. The van der Waals surface area contributed by atoms with Crippen molar-refractivity contribution in [3.63, 3.8) is 0 Å². The minimum absolute atomic E-state index is 0.0339. The first-order valence-electron chi connectivity index (χ1n) is 7.92. The van der Waals surface area contributed by atoms with Crippen molar-refractivity contribution in [3.8, 4) is 0 Å². The third-order valence-corrected chi connectivity index (χ3v) is 4.35. The van der Waals surface area contributed by atoms with Crippen LogP contribution in [0.3, 0.4) is 0 Å². The summed E-state index contributed by atoms with van der Waals surface area (Å²) < 4.78 is 4.83. The molecule has 3 amide bonds. The van der Waals surface area contributed by atoms with Crippen molar-refractivity contribution in [3.05, 3.63) is 11.1 Å². The predicted molar refractivity (Wildman–Crippen MR) is 89.9 cm³/mol. The molecule has 0 spiro atoms. The maximum Gasteiger partial charge on any atom is 0.312 e. The monoisotopic (exact) mass is 368 g/mol. The number of hydrogen-bond acceptors (Lipinski definition) is 7. The van der Waals surface area contributed by atoms with Crippen molar-refractivity contribution >= 4 is 40.2 Å². The molecule has 0 atom stereocenters. The molecule has 1 aromatic rings. The number of thiazole rings is 1. The highest BCUT2D eigenvalue weighted by molar-refractivity contribution is 7.13. The van der Waals surface area contributed by atoms with Crippen LogP contribution in [0.2, 0.25) is 0 Å². The summed E-state index contributed by atoms with van der Waals surface area (Å²) in [5.74, 6) is -2.09. The fraction of sp³-hybridized carbons (Fsp3) is 0.533. The topological polar surface area (TPSA) is 109 Å². The Labute approximate surface area is 148 Å². The Hall–Kier alpha value is -2.49. The molecule has 9 nitrogen and oxygen atoms in total. The van der Waals surface area contributed by atoms with Crippen molar-refractivity contribution in [2.45, 2.75) is 20.3 Å². The lowest BCUT2D eigenvalue weighted by molar-refractivity contribution is -0.156. The molecule has 1 aliphatic rings. The van der Waals surface area contributed by atoms with E-state index in [1.54, 1.807) is 19.2 Å². The van der Waals surface area contributed by atoms with Crippen LogP contribution in [-0.2, 0) is 30.3 Å². The molecule has 25 heavy (non-hydrogen) atoms. The number of esters is 1. The van der Waals surface area contributed by atoms with E-state index in [4.69, 9.17) is 4.74 Å². The molecule has 0 saturated carbocycles. The fourth-order valence-corrected chi connectivity index (χ4v) is 3.03. The van der Waals surface area contributed by atoms with E-state index in [2.05, 4.69) is 10.3 Å². The maximum absolute atomic E-state index is 12.1. The second-order valence-electron chi connectivity index (χ2n) is 5.29. The number of hydrogen-bond donors (Lipinski definition) is 1. The van der Waals surface area contributed by atoms with Gasteiger partial charge in [0.25, 0.3) is 0 Å². The molecule has 0 radical (unpaired) electrons. The summed E-state index contributed by atoms with van der Waals surface area (Å²) in [4.78, 5) is 54.0. The number of anilines is 1. The third kappa shape index (κ3) is 4.99. The lowest BCUT2D eigenvalue weighted by Crippen LogP contribution is -2.55. The molecule has 2 heterocycles. The van der Waals surface area contributed by atoms with Gasteiger partial charge in [-0.1, -0.05) is 0 Å². The van der Waals surface area contributed by atoms with Crippen LogP contribution in [0.25, 0.3) is 0 Å². The summed E-state index contributed by atoms with van der Waals surface area (Å²) in [6.45, 7) is 4.79. The van der Waals surface area contributed by atoms with E-state index in [0.29, 0.717) is 37.1 Å². The zero-order valence-corrected chi connectivity index (χ0v) is 14.9. The zero-order chi connectivity index (χ0) is 18.4. The van der Waals surface area contributed by atoms with Crippen LogP contribution >= 0.6 is 11.3 Å². The largest absolute Gasteiger partial charge is 0.466 e. The van der Waals surface area contributed by atoms with E-state index in [-0.39, 0.29) is 18.9 Å². The van der Waals surface area contributed by atoms with E-state index >= 15 is 0 Å². The summed E-state index contributed by atoms with van der Waals surface area (Å²) in [5.41, 5.74) is 0.501.